The van der Waals surface area contributed by atoms with Gasteiger partial charge in [-0.15, -0.1) is 0 Å². The average Bonchev–Trinajstić information content (AvgIpc) is 2.86. The van der Waals surface area contributed by atoms with Gasteiger partial charge in [0.1, 0.15) is 5.82 Å². The van der Waals surface area contributed by atoms with Gasteiger partial charge in [-0.1, -0.05) is 24.3 Å². The van der Waals surface area contributed by atoms with Crippen LogP contribution in [-0.2, 0) is 24.1 Å². The first-order valence-electron chi connectivity index (χ1n) is 11.4. The van der Waals surface area contributed by atoms with E-state index < -0.39 is 12.0 Å². The number of carboxylic acids is 1. The highest BCUT2D eigenvalue weighted by Gasteiger charge is 2.18. The molecule has 176 valence electrons. The van der Waals surface area contributed by atoms with E-state index in [-0.39, 0.29) is 6.42 Å². The smallest absolute Gasteiger partial charge is 0.305 e. The minimum atomic E-state index is -0.923. The lowest BCUT2D eigenvalue weighted by Gasteiger charge is -2.21. The van der Waals surface area contributed by atoms with Gasteiger partial charge in [-0.05, 0) is 54.5 Å². The molecule has 4 N–H and O–H groups in total. The van der Waals surface area contributed by atoms with E-state index >= 15 is 0 Å². The Labute approximate surface area is 198 Å². The van der Waals surface area contributed by atoms with Crippen molar-refractivity contribution in [1.29, 1.82) is 5.41 Å². The molecule has 1 atom stereocenters. The van der Waals surface area contributed by atoms with E-state index in [4.69, 9.17) is 15.1 Å². The summed E-state index contributed by atoms with van der Waals surface area (Å²) in [6.07, 6.45) is 6.48. The molecule has 34 heavy (non-hydrogen) atoms. The minimum absolute atomic E-state index is 0.123. The number of fused-ring (bicyclic) bond motifs is 1. The predicted molar refractivity (Wildman–Crippen MR) is 132 cm³/mol. The fourth-order valence-corrected chi connectivity index (χ4v) is 4.23. The van der Waals surface area contributed by atoms with E-state index in [2.05, 4.69) is 27.8 Å². The van der Waals surface area contributed by atoms with Gasteiger partial charge in [0, 0.05) is 42.0 Å². The molecule has 8 nitrogen and oxygen atoms in total. The van der Waals surface area contributed by atoms with E-state index in [0.717, 1.165) is 66.1 Å². The van der Waals surface area contributed by atoms with Crippen LogP contribution < -0.4 is 15.4 Å². The number of rotatable bonds is 10. The summed E-state index contributed by atoms with van der Waals surface area (Å²) in [6, 6.07) is 13.0. The first-order valence-corrected chi connectivity index (χ1v) is 11.4. The van der Waals surface area contributed by atoms with Gasteiger partial charge < -0.3 is 25.9 Å². The third kappa shape index (κ3) is 5.51. The number of benzene rings is 1. The Bertz CT molecular complexity index is 1160. The summed E-state index contributed by atoms with van der Waals surface area (Å²) in [6.45, 7) is 0.955. The van der Waals surface area contributed by atoms with Gasteiger partial charge >= 0.3 is 5.97 Å². The van der Waals surface area contributed by atoms with Crippen LogP contribution in [0.15, 0.2) is 48.7 Å². The Morgan fingerprint density at radius 3 is 2.88 bits per heavy atom. The zero-order valence-corrected chi connectivity index (χ0v) is 19.2. The molecule has 0 spiro atoms. The molecule has 3 heterocycles. The summed E-state index contributed by atoms with van der Waals surface area (Å²) < 4.78 is 5.11. The lowest BCUT2D eigenvalue weighted by atomic mass is 9.98. The second-order valence-corrected chi connectivity index (χ2v) is 8.29. The number of hydrogen-bond acceptors (Lipinski definition) is 7. The Morgan fingerprint density at radius 2 is 2.15 bits per heavy atom. The van der Waals surface area contributed by atoms with Gasteiger partial charge in [-0.3, -0.25) is 4.79 Å². The number of ether oxygens (including phenoxy) is 1. The fourth-order valence-electron chi connectivity index (χ4n) is 4.23. The van der Waals surface area contributed by atoms with E-state index in [1.54, 1.807) is 18.3 Å². The minimum Gasteiger partial charge on any atom is -0.481 e. The van der Waals surface area contributed by atoms with Gasteiger partial charge in [0.15, 0.2) is 0 Å². The molecular weight excluding hydrogens is 430 g/mol. The maximum atomic E-state index is 11.5. The molecule has 0 saturated carbocycles. The van der Waals surface area contributed by atoms with Crippen molar-refractivity contribution in [3.8, 4) is 5.88 Å². The molecule has 8 heteroatoms. The molecule has 0 bridgehead atoms. The summed E-state index contributed by atoms with van der Waals surface area (Å²) in [5, 5.41) is 24.2. The summed E-state index contributed by atoms with van der Waals surface area (Å²) in [5.74, 6) is 0.523. The average molecular weight is 460 g/mol. The van der Waals surface area contributed by atoms with Crippen LogP contribution in [0.25, 0.3) is 0 Å². The Morgan fingerprint density at radius 1 is 1.26 bits per heavy atom. The number of aromatic nitrogens is 2. The molecule has 2 aromatic heterocycles. The monoisotopic (exact) mass is 459 g/mol. The molecule has 0 fully saturated rings. The number of anilines is 2. The molecule has 3 aromatic rings. The second kappa shape index (κ2) is 10.8. The fraction of sp³-hybridized carbons (Fsp3) is 0.308. The van der Waals surface area contributed by atoms with Crippen molar-refractivity contribution in [1.82, 2.24) is 9.97 Å². The van der Waals surface area contributed by atoms with Crippen molar-refractivity contribution < 1.29 is 14.6 Å². The number of nitrogens with zero attached hydrogens (tertiary/aromatic N) is 2. The molecule has 1 unspecified atom stereocenters. The topological polar surface area (TPSA) is 120 Å². The number of carboxylic acid groups (broad SMARTS) is 1. The maximum Gasteiger partial charge on any atom is 0.305 e. The summed E-state index contributed by atoms with van der Waals surface area (Å²) in [4.78, 5) is 20.5. The zero-order chi connectivity index (χ0) is 23.9. The number of aryl methyl sites for hydroxylation is 3. The molecule has 1 aromatic carbocycles. The molecule has 1 aliphatic heterocycles. The van der Waals surface area contributed by atoms with Gasteiger partial charge in [0.25, 0.3) is 0 Å². The Kier molecular flexibility index (Phi) is 7.37. The SMILES string of the molecule is COc1ccc(C(CC(=O)O)Nc2cccc(CCc3ccc4c(n3)NCCC4)c2C=N)cn1. The van der Waals surface area contributed by atoms with Crippen molar-refractivity contribution in [2.75, 3.05) is 24.3 Å². The van der Waals surface area contributed by atoms with Crippen LogP contribution in [0.2, 0.25) is 0 Å². The summed E-state index contributed by atoms with van der Waals surface area (Å²) >= 11 is 0. The zero-order valence-electron chi connectivity index (χ0n) is 19.2. The van der Waals surface area contributed by atoms with E-state index in [1.165, 1.54) is 18.9 Å². The molecule has 0 radical (unpaired) electrons. The quantitative estimate of drug-likeness (QED) is 0.335. The van der Waals surface area contributed by atoms with Crippen LogP contribution in [0, 0.1) is 5.41 Å². The van der Waals surface area contributed by atoms with E-state index in [0.29, 0.717) is 5.88 Å². The van der Waals surface area contributed by atoms with Crippen LogP contribution in [0.5, 0.6) is 5.88 Å². The van der Waals surface area contributed by atoms with Gasteiger partial charge in [0.2, 0.25) is 5.88 Å². The standard InChI is InChI=1S/C26H29N5O3/c1-34-24-12-9-19(16-29-24)23(14-25(32)33)31-22-6-2-4-17(21(22)15-27)7-10-20-11-8-18-5-3-13-28-26(18)30-20/h2,4,6,8-9,11-12,15-16,23,27,31H,3,5,7,10,13-14H2,1H3,(H,28,30)(H,32,33). The molecular formula is C26H29N5O3. The lowest BCUT2D eigenvalue weighted by Crippen LogP contribution is -2.17. The highest BCUT2D eigenvalue weighted by Crippen LogP contribution is 2.28. The van der Waals surface area contributed by atoms with Gasteiger partial charge in [-0.25, -0.2) is 9.97 Å². The lowest BCUT2D eigenvalue weighted by molar-refractivity contribution is -0.137. The van der Waals surface area contributed by atoms with E-state index in [1.807, 2.05) is 18.2 Å². The molecule has 0 aliphatic carbocycles. The Balaban J connectivity index is 1.53. The normalized spacial score (nSPS) is 13.3. The summed E-state index contributed by atoms with van der Waals surface area (Å²) in [5.41, 5.74) is 5.48. The van der Waals surface area contributed by atoms with Crippen LogP contribution in [0.1, 0.15) is 46.8 Å². The number of pyridine rings is 2. The van der Waals surface area contributed by atoms with Crippen LogP contribution >= 0.6 is 0 Å². The van der Waals surface area contributed by atoms with Crippen LogP contribution in [-0.4, -0.2) is 40.9 Å². The Hall–Kier alpha value is -3.94. The first-order chi connectivity index (χ1) is 16.6. The number of nitrogens with one attached hydrogen (secondary N) is 3. The number of aliphatic carboxylic acids is 1. The largest absolute Gasteiger partial charge is 0.481 e. The van der Waals surface area contributed by atoms with Crippen molar-refractivity contribution in [3.05, 3.63) is 76.6 Å². The van der Waals surface area contributed by atoms with Crippen LogP contribution in [0.3, 0.4) is 0 Å². The molecule has 0 saturated heterocycles. The van der Waals surface area contributed by atoms with E-state index in [9.17, 15) is 9.90 Å². The van der Waals surface area contributed by atoms with Crippen molar-refractivity contribution in [3.63, 3.8) is 0 Å². The van der Waals surface area contributed by atoms with Crippen molar-refractivity contribution >= 4 is 23.7 Å². The van der Waals surface area contributed by atoms with Gasteiger partial charge in [0.05, 0.1) is 19.6 Å². The third-order valence-electron chi connectivity index (χ3n) is 6.02. The molecule has 1 aliphatic rings. The third-order valence-corrected chi connectivity index (χ3v) is 6.02. The van der Waals surface area contributed by atoms with Crippen molar-refractivity contribution in [2.24, 2.45) is 0 Å². The molecule has 4 rings (SSSR count). The number of carbonyl (C=O) groups is 1. The predicted octanol–water partition coefficient (Wildman–Crippen LogP) is 4.25. The van der Waals surface area contributed by atoms with Crippen LogP contribution in [0.4, 0.5) is 11.5 Å². The highest BCUT2D eigenvalue weighted by molar-refractivity contribution is 5.88. The maximum absolute atomic E-state index is 11.5. The first kappa shape index (κ1) is 23.2. The number of methoxy groups -OCH3 is 1. The molecule has 0 amide bonds. The highest BCUT2D eigenvalue weighted by atomic mass is 16.5. The summed E-state index contributed by atoms with van der Waals surface area (Å²) in [7, 11) is 1.53. The van der Waals surface area contributed by atoms with Crippen molar-refractivity contribution in [2.45, 2.75) is 38.1 Å². The second-order valence-electron chi connectivity index (χ2n) is 8.29. The number of hydrogen-bond donors (Lipinski definition) is 4. The van der Waals surface area contributed by atoms with Gasteiger partial charge in [-0.2, -0.15) is 0 Å².